The molecule has 2 aromatic heterocycles. The molecule has 0 bridgehead atoms. The summed E-state index contributed by atoms with van der Waals surface area (Å²) >= 11 is 5.66. The fraction of sp³-hybridized carbons (Fsp3) is 0.364. The van der Waals surface area contributed by atoms with E-state index in [-0.39, 0.29) is 0 Å². The van der Waals surface area contributed by atoms with Gasteiger partial charge in [-0.15, -0.1) is 11.6 Å². The molecule has 0 aliphatic rings. The first-order valence-electron chi connectivity index (χ1n) is 5.16. The average molecular weight is 253 g/mol. The first-order chi connectivity index (χ1) is 8.11. The number of hydrogen-bond acceptors (Lipinski definition) is 4. The van der Waals surface area contributed by atoms with Crippen LogP contribution in [0.25, 0.3) is 0 Å². The Balaban J connectivity index is 2.25. The van der Waals surface area contributed by atoms with Gasteiger partial charge < -0.3 is 4.74 Å². The molecular formula is C11H13ClN4O. The molecule has 0 saturated heterocycles. The molecule has 0 saturated carbocycles. The van der Waals surface area contributed by atoms with E-state index in [4.69, 9.17) is 16.3 Å². The summed E-state index contributed by atoms with van der Waals surface area (Å²) in [5, 5.41) is 4.26. The predicted molar refractivity (Wildman–Crippen MR) is 64.3 cm³/mol. The van der Waals surface area contributed by atoms with Crippen LogP contribution >= 0.6 is 11.6 Å². The van der Waals surface area contributed by atoms with Gasteiger partial charge in [-0.05, 0) is 13.8 Å². The summed E-state index contributed by atoms with van der Waals surface area (Å²) in [7, 11) is 1.87. The smallest absolute Gasteiger partial charge is 0.322 e. The molecule has 17 heavy (non-hydrogen) atoms. The second-order valence-electron chi connectivity index (χ2n) is 3.73. The van der Waals surface area contributed by atoms with Gasteiger partial charge in [-0.2, -0.15) is 5.10 Å². The summed E-state index contributed by atoms with van der Waals surface area (Å²) in [4.78, 5) is 8.16. The van der Waals surface area contributed by atoms with Crippen LogP contribution in [0.5, 0.6) is 11.8 Å². The Morgan fingerprint density at radius 2 is 1.94 bits per heavy atom. The van der Waals surface area contributed by atoms with Crippen LogP contribution in [-0.2, 0) is 12.9 Å². The molecule has 0 amide bonds. The van der Waals surface area contributed by atoms with E-state index in [1.165, 1.54) is 0 Å². The standard InChI is InChI=1S/C11H13ClN4O/c1-7-10(8(2)16(3)15-7)17-11-13-5-9(4-12)6-14-11/h5-6H,4H2,1-3H3. The van der Waals surface area contributed by atoms with Gasteiger partial charge in [0, 0.05) is 25.0 Å². The summed E-state index contributed by atoms with van der Waals surface area (Å²) in [5.41, 5.74) is 2.61. The number of aryl methyl sites for hydroxylation is 2. The summed E-state index contributed by atoms with van der Waals surface area (Å²) in [6, 6.07) is 0.304. The number of ether oxygens (including phenoxy) is 1. The normalized spacial score (nSPS) is 10.6. The van der Waals surface area contributed by atoms with Crippen molar-refractivity contribution in [1.82, 2.24) is 19.7 Å². The van der Waals surface area contributed by atoms with E-state index in [9.17, 15) is 0 Å². The van der Waals surface area contributed by atoms with Gasteiger partial charge in [0.2, 0.25) is 0 Å². The van der Waals surface area contributed by atoms with Crippen LogP contribution in [0, 0.1) is 13.8 Å². The lowest BCUT2D eigenvalue weighted by Gasteiger charge is -2.03. The zero-order chi connectivity index (χ0) is 12.4. The van der Waals surface area contributed by atoms with Gasteiger partial charge in [0.1, 0.15) is 5.69 Å². The van der Waals surface area contributed by atoms with Crippen molar-refractivity contribution in [2.75, 3.05) is 0 Å². The summed E-state index contributed by atoms with van der Waals surface area (Å²) in [5.74, 6) is 1.09. The van der Waals surface area contributed by atoms with Crippen LogP contribution in [0.2, 0.25) is 0 Å². The topological polar surface area (TPSA) is 52.8 Å². The fourth-order valence-electron chi connectivity index (χ4n) is 1.46. The number of alkyl halides is 1. The van der Waals surface area contributed by atoms with Crippen LogP contribution in [-0.4, -0.2) is 19.7 Å². The Hall–Kier alpha value is -1.62. The zero-order valence-electron chi connectivity index (χ0n) is 9.94. The van der Waals surface area contributed by atoms with Crippen molar-refractivity contribution in [3.05, 3.63) is 29.3 Å². The predicted octanol–water partition coefficient (Wildman–Crippen LogP) is 2.36. The van der Waals surface area contributed by atoms with Gasteiger partial charge in [0.05, 0.1) is 11.6 Å². The lowest BCUT2D eigenvalue weighted by atomic mass is 10.3. The van der Waals surface area contributed by atoms with E-state index in [0.717, 1.165) is 17.0 Å². The number of aromatic nitrogens is 4. The van der Waals surface area contributed by atoms with Crippen molar-refractivity contribution < 1.29 is 4.74 Å². The van der Waals surface area contributed by atoms with Crippen LogP contribution < -0.4 is 4.74 Å². The van der Waals surface area contributed by atoms with Gasteiger partial charge in [-0.3, -0.25) is 4.68 Å². The fourth-order valence-corrected chi connectivity index (χ4v) is 1.60. The molecular weight excluding hydrogens is 240 g/mol. The van der Waals surface area contributed by atoms with Gasteiger partial charge in [-0.25, -0.2) is 9.97 Å². The summed E-state index contributed by atoms with van der Waals surface area (Å²) in [6.45, 7) is 3.82. The average Bonchev–Trinajstić information content (AvgIpc) is 2.57. The first kappa shape index (κ1) is 11.9. The molecule has 0 unspecified atom stereocenters. The van der Waals surface area contributed by atoms with Crippen molar-refractivity contribution in [2.24, 2.45) is 7.05 Å². The Morgan fingerprint density at radius 1 is 1.29 bits per heavy atom. The SMILES string of the molecule is Cc1nn(C)c(C)c1Oc1ncc(CCl)cn1. The monoisotopic (exact) mass is 252 g/mol. The number of rotatable bonds is 3. The maximum absolute atomic E-state index is 5.66. The molecule has 0 aromatic carbocycles. The van der Waals surface area contributed by atoms with Crippen LogP contribution in [0.3, 0.4) is 0 Å². The molecule has 0 aliphatic carbocycles. The Bertz CT molecular complexity index is 521. The molecule has 0 aliphatic heterocycles. The Morgan fingerprint density at radius 3 is 2.41 bits per heavy atom. The van der Waals surface area contributed by atoms with E-state index in [1.807, 2.05) is 20.9 Å². The lowest BCUT2D eigenvalue weighted by Crippen LogP contribution is -1.95. The largest absolute Gasteiger partial charge is 0.420 e. The zero-order valence-corrected chi connectivity index (χ0v) is 10.7. The number of halogens is 1. The highest BCUT2D eigenvalue weighted by molar-refractivity contribution is 6.17. The first-order valence-corrected chi connectivity index (χ1v) is 5.70. The molecule has 0 radical (unpaired) electrons. The van der Waals surface area contributed by atoms with E-state index in [1.54, 1.807) is 17.1 Å². The Labute approximate surface area is 104 Å². The second kappa shape index (κ2) is 4.71. The van der Waals surface area contributed by atoms with Crippen LogP contribution in [0.4, 0.5) is 0 Å². The highest BCUT2D eigenvalue weighted by Gasteiger charge is 2.12. The van der Waals surface area contributed by atoms with Gasteiger partial charge in [0.25, 0.3) is 0 Å². The molecule has 0 spiro atoms. The van der Waals surface area contributed by atoms with Crippen molar-refractivity contribution in [2.45, 2.75) is 19.7 Å². The third-order valence-electron chi connectivity index (χ3n) is 2.47. The second-order valence-corrected chi connectivity index (χ2v) is 4.00. The van der Waals surface area contributed by atoms with Crippen molar-refractivity contribution in [3.63, 3.8) is 0 Å². The molecule has 5 nitrogen and oxygen atoms in total. The van der Waals surface area contributed by atoms with Gasteiger partial charge in [-0.1, -0.05) is 0 Å². The van der Waals surface area contributed by atoms with E-state index in [0.29, 0.717) is 17.6 Å². The molecule has 6 heteroatoms. The molecule has 0 atom stereocenters. The summed E-state index contributed by atoms with van der Waals surface area (Å²) < 4.78 is 7.37. The Kier molecular flexibility index (Phi) is 3.28. The highest BCUT2D eigenvalue weighted by Crippen LogP contribution is 2.25. The van der Waals surface area contributed by atoms with E-state index >= 15 is 0 Å². The van der Waals surface area contributed by atoms with Crippen molar-refractivity contribution >= 4 is 11.6 Å². The molecule has 0 fully saturated rings. The van der Waals surface area contributed by atoms with Crippen LogP contribution in [0.1, 0.15) is 17.0 Å². The highest BCUT2D eigenvalue weighted by atomic mass is 35.5. The maximum atomic E-state index is 5.66. The minimum absolute atomic E-state index is 0.304. The van der Waals surface area contributed by atoms with Gasteiger partial charge in [0.15, 0.2) is 5.75 Å². The van der Waals surface area contributed by atoms with Gasteiger partial charge >= 0.3 is 6.01 Å². The van der Waals surface area contributed by atoms with Crippen molar-refractivity contribution in [1.29, 1.82) is 0 Å². The molecule has 2 rings (SSSR count). The van der Waals surface area contributed by atoms with E-state index in [2.05, 4.69) is 15.1 Å². The molecule has 2 heterocycles. The molecule has 2 aromatic rings. The van der Waals surface area contributed by atoms with Crippen LogP contribution in [0.15, 0.2) is 12.4 Å². The minimum Gasteiger partial charge on any atom is -0.420 e. The quantitative estimate of drug-likeness (QED) is 0.787. The maximum Gasteiger partial charge on any atom is 0.322 e. The van der Waals surface area contributed by atoms with Crippen molar-refractivity contribution in [3.8, 4) is 11.8 Å². The number of hydrogen-bond donors (Lipinski definition) is 0. The van der Waals surface area contributed by atoms with E-state index < -0.39 is 0 Å². The minimum atomic E-state index is 0.304. The third kappa shape index (κ3) is 2.39. The summed E-state index contributed by atoms with van der Waals surface area (Å²) in [6.07, 6.45) is 3.30. The molecule has 0 N–H and O–H groups in total. The molecule has 90 valence electrons. The lowest BCUT2D eigenvalue weighted by molar-refractivity contribution is 0.434. The number of nitrogens with zero attached hydrogens (tertiary/aromatic N) is 4. The third-order valence-corrected chi connectivity index (χ3v) is 2.78.